The maximum Gasteiger partial charge on any atom is 0.418 e. The summed E-state index contributed by atoms with van der Waals surface area (Å²) in [5.41, 5.74) is 0.870. The average molecular weight is 248 g/mol. The van der Waals surface area contributed by atoms with E-state index in [0.29, 0.717) is 0 Å². The number of halogens is 2. The highest BCUT2D eigenvalue weighted by Gasteiger charge is 2.06. The van der Waals surface area contributed by atoms with Gasteiger partial charge in [0.2, 0.25) is 0 Å². The summed E-state index contributed by atoms with van der Waals surface area (Å²) in [7, 11) is 1.37. The Bertz CT molecular complexity index is 453. The van der Waals surface area contributed by atoms with Gasteiger partial charge in [-0.25, -0.2) is 4.79 Å². The first kappa shape index (κ1) is 13.8. The molecule has 0 radical (unpaired) electrons. The van der Waals surface area contributed by atoms with Gasteiger partial charge in [0, 0.05) is 11.6 Å². The van der Waals surface area contributed by atoms with Gasteiger partial charge in [-0.2, -0.15) is 0 Å². The highest BCUT2D eigenvalue weighted by molar-refractivity contribution is 5.89. The molecule has 0 bridgehead atoms. The number of fused-ring (bicyclic) bond motifs is 1. The third-order valence-electron chi connectivity index (χ3n) is 1.97. The molecule has 1 heterocycles. The summed E-state index contributed by atoms with van der Waals surface area (Å²) in [4.78, 5) is 11.2. The standard InChI is InChI=1S/C10H9NO2.2ClH/c1-13-10(12)11-7-6-8-4-2-3-5-9(8)11;;/h2-7H,1H3;2*1H. The molecule has 2 aromatic rings. The smallest absolute Gasteiger partial charge is 0.418 e. The third kappa shape index (κ3) is 2.43. The monoisotopic (exact) mass is 247 g/mol. The van der Waals surface area contributed by atoms with Crippen LogP contribution in [0.5, 0.6) is 0 Å². The van der Waals surface area contributed by atoms with Gasteiger partial charge in [-0.15, -0.1) is 24.8 Å². The average Bonchev–Trinajstić information content (AvgIpc) is 2.60. The largest absolute Gasteiger partial charge is 0.452 e. The van der Waals surface area contributed by atoms with Gasteiger partial charge in [-0.3, -0.25) is 4.57 Å². The fourth-order valence-electron chi connectivity index (χ4n) is 1.34. The van der Waals surface area contributed by atoms with Crippen LogP contribution in [-0.2, 0) is 4.74 Å². The molecule has 0 N–H and O–H groups in total. The molecule has 0 spiro atoms. The molecule has 0 saturated carbocycles. The summed E-state index contributed by atoms with van der Waals surface area (Å²) in [5, 5.41) is 1.04. The SMILES string of the molecule is COC(=O)n1ccc2ccccc21.Cl.Cl. The lowest BCUT2D eigenvalue weighted by molar-refractivity contribution is 0.174. The Kier molecular flexibility index (Phi) is 5.19. The van der Waals surface area contributed by atoms with Crippen LogP contribution in [0.2, 0.25) is 0 Å². The van der Waals surface area contributed by atoms with Crippen molar-refractivity contribution in [2.45, 2.75) is 0 Å². The number of para-hydroxylation sites is 1. The van der Waals surface area contributed by atoms with Gasteiger partial charge in [0.15, 0.2) is 0 Å². The molecule has 82 valence electrons. The predicted octanol–water partition coefficient (Wildman–Crippen LogP) is 3.10. The Hall–Kier alpha value is -1.19. The van der Waals surface area contributed by atoms with Crippen molar-refractivity contribution in [2.24, 2.45) is 0 Å². The number of rotatable bonds is 0. The molecule has 0 atom stereocenters. The molecule has 0 unspecified atom stereocenters. The molecule has 3 nitrogen and oxygen atoms in total. The molecular formula is C10H11Cl2NO2. The summed E-state index contributed by atoms with van der Waals surface area (Å²) in [5.74, 6) is 0. The van der Waals surface area contributed by atoms with Crippen molar-refractivity contribution in [3.05, 3.63) is 36.5 Å². The van der Waals surface area contributed by atoms with E-state index in [0.717, 1.165) is 10.9 Å². The highest BCUT2D eigenvalue weighted by atomic mass is 35.5. The second-order valence-corrected chi connectivity index (χ2v) is 2.71. The van der Waals surface area contributed by atoms with Crippen LogP contribution < -0.4 is 0 Å². The number of hydrogen-bond donors (Lipinski definition) is 0. The molecule has 0 aliphatic carbocycles. The van der Waals surface area contributed by atoms with E-state index in [1.807, 2.05) is 30.3 Å². The number of nitrogens with zero attached hydrogens (tertiary/aromatic N) is 1. The van der Waals surface area contributed by atoms with E-state index in [-0.39, 0.29) is 30.9 Å². The van der Waals surface area contributed by atoms with Crippen LogP contribution in [-0.4, -0.2) is 17.8 Å². The van der Waals surface area contributed by atoms with Crippen molar-refractivity contribution in [3.63, 3.8) is 0 Å². The lowest BCUT2D eigenvalue weighted by Crippen LogP contribution is -2.09. The summed E-state index contributed by atoms with van der Waals surface area (Å²) in [6.45, 7) is 0. The van der Waals surface area contributed by atoms with Crippen LogP contribution in [0, 0.1) is 0 Å². The van der Waals surface area contributed by atoms with Crippen molar-refractivity contribution in [1.29, 1.82) is 0 Å². The van der Waals surface area contributed by atoms with Crippen LogP contribution in [0.25, 0.3) is 10.9 Å². The lowest BCUT2D eigenvalue weighted by atomic mass is 10.2. The van der Waals surface area contributed by atoms with E-state index in [1.54, 1.807) is 6.20 Å². The Morgan fingerprint density at radius 1 is 1.20 bits per heavy atom. The van der Waals surface area contributed by atoms with E-state index in [9.17, 15) is 4.79 Å². The minimum Gasteiger partial charge on any atom is -0.452 e. The number of ether oxygens (including phenoxy) is 1. The fraction of sp³-hybridized carbons (Fsp3) is 0.100. The molecule has 15 heavy (non-hydrogen) atoms. The summed E-state index contributed by atoms with van der Waals surface area (Å²) in [6.07, 6.45) is 1.34. The van der Waals surface area contributed by atoms with Crippen LogP contribution in [0.4, 0.5) is 4.79 Å². The second kappa shape index (κ2) is 5.63. The molecular weight excluding hydrogens is 237 g/mol. The van der Waals surface area contributed by atoms with Gasteiger partial charge >= 0.3 is 6.09 Å². The number of benzene rings is 1. The number of aromatic nitrogens is 1. The quantitative estimate of drug-likeness (QED) is 0.717. The van der Waals surface area contributed by atoms with Crippen molar-refractivity contribution >= 4 is 41.8 Å². The van der Waals surface area contributed by atoms with Gasteiger partial charge in [0.05, 0.1) is 12.6 Å². The van der Waals surface area contributed by atoms with Crippen LogP contribution in [0.15, 0.2) is 36.5 Å². The van der Waals surface area contributed by atoms with Gasteiger partial charge in [-0.1, -0.05) is 18.2 Å². The van der Waals surface area contributed by atoms with Gasteiger partial charge in [0.25, 0.3) is 0 Å². The van der Waals surface area contributed by atoms with E-state index in [4.69, 9.17) is 0 Å². The molecule has 1 aromatic heterocycles. The van der Waals surface area contributed by atoms with E-state index >= 15 is 0 Å². The molecule has 0 saturated heterocycles. The Morgan fingerprint density at radius 2 is 1.87 bits per heavy atom. The van der Waals surface area contributed by atoms with Gasteiger partial charge in [0.1, 0.15) is 0 Å². The number of hydrogen-bond acceptors (Lipinski definition) is 2. The Balaban J connectivity index is 0.000000980. The van der Waals surface area contributed by atoms with E-state index in [1.165, 1.54) is 11.7 Å². The first-order valence-corrected chi connectivity index (χ1v) is 3.97. The van der Waals surface area contributed by atoms with E-state index in [2.05, 4.69) is 4.74 Å². The molecule has 1 aromatic carbocycles. The molecule has 0 aliphatic heterocycles. The maximum atomic E-state index is 11.2. The normalized spacial score (nSPS) is 8.87. The summed E-state index contributed by atoms with van der Waals surface area (Å²) < 4.78 is 6.11. The summed E-state index contributed by atoms with van der Waals surface area (Å²) in [6, 6.07) is 9.54. The van der Waals surface area contributed by atoms with Crippen molar-refractivity contribution in [1.82, 2.24) is 4.57 Å². The topological polar surface area (TPSA) is 31.2 Å². The van der Waals surface area contributed by atoms with Crippen molar-refractivity contribution in [3.8, 4) is 0 Å². The zero-order chi connectivity index (χ0) is 9.26. The van der Waals surface area contributed by atoms with Crippen molar-refractivity contribution in [2.75, 3.05) is 7.11 Å². The summed E-state index contributed by atoms with van der Waals surface area (Å²) >= 11 is 0. The molecule has 5 heteroatoms. The predicted molar refractivity (Wildman–Crippen MR) is 64.2 cm³/mol. The fourth-order valence-corrected chi connectivity index (χ4v) is 1.34. The first-order chi connectivity index (χ1) is 6.33. The molecule has 2 rings (SSSR count). The number of methoxy groups -OCH3 is 1. The number of carbonyl (C=O) groups is 1. The first-order valence-electron chi connectivity index (χ1n) is 3.97. The van der Waals surface area contributed by atoms with E-state index < -0.39 is 0 Å². The molecule has 0 aliphatic rings. The van der Waals surface area contributed by atoms with Crippen LogP contribution >= 0.6 is 24.8 Å². The lowest BCUT2D eigenvalue weighted by Gasteiger charge is -2.00. The maximum absolute atomic E-state index is 11.2. The van der Waals surface area contributed by atoms with Gasteiger partial charge < -0.3 is 4.74 Å². The van der Waals surface area contributed by atoms with Crippen LogP contribution in [0.1, 0.15) is 0 Å². The minimum absolute atomic E-state index is 0. The second-order valence-electron chi connectivity index (χ2n) is 2.71. The zero-order valence-electron chi connectivity index (χ0n) is 8.04. The molecule has 0 fully saturated rings. The highest BCUT2D eigenvalue weighted by Crippen LogP contribution is 2.14. The minimum atomic E-state index is -0.360. The number of carbonyl (C=O) groups excluding carboxylic acids is 1. The zero-order valence-corrected chi connectivity index (χ0v) is 9.68. The van der Waals surface area contributed by atoms with Crippen molar-refractivity contribution < 1.29 is 9.53 Å². The van der Waals surface area contributed by atoms with Gasteiger partial charge in [-0.05, 0) is 12.1 Å². The molecule has 0 amide bonds. The van der Waals surface area contributed by atoms with Crippen LogP contribution in [0.3, 0.4) is 0 Å². The Morgan fingerprint density at radius 3 is 2.53 bits per heavy atom. The Labute approximate surface area is 99.8 Å². The third-order valence-corrected chi connectivity index (χ3v) is 1.97.